The van der Waals surface area contributed by atoms with Crippen LogP contribution in [0.2, 0.25) is 5.02 Å². The lowest BCUT2D eigenvalue weighted by atomic mass is 10.1. The standard InChI is InChI=1S/C11H14ClN3O2/c1-16-11-8(12)4-9-10(14-11)15-3-2-13-5-7(15)6-17-9/h4,7,13H,2-3,5-6H2,1H3. The summed E-state index contributed by atoms with van der Waals surface area (Å²) in [5.41, 5.74) is 0. The second-order valence-corrected chi connectivity index (χ2v) is 4.57. The van der Waals surface area contributed by atoms with Crippen LogP contribution in [0.15, 0.2) is 6.07 Å². The van der Waals surface area contributed by atoms with Crippen LogP contribution in [0, 0.1) is 0 Å². The lowest BCUT2D eigenvalue weighted by Crippen LogP contribution is -2.56. The minimum absolute atomic E-state index is 0.342. The summed E-state index contributed by atoms with van der Waals surface area (Å²) in [5.74, 6) is 2.03. The normalized spacial score (nSPS) is 22.5. The highest BCUT2D eigenvalue weighted by atomic mass is 35.5. The van der Waals surface area contributed by atoms with E-state index in [1.165, 1.54) is 0 Å². The number of nitrogens with one attached hydrogen (secondary N) is 1. The molecule has 1 atom stereocenters. The molecule has 2 aliphatic rings. The third kappa shape index (κ3) is 1.79. The zero-order chi connectivity index (χ0) is 11.8. The molecule has 1 aromatic rings. The van der Waals surface area contributed by atoms with Crippen molar-refractivity contribution >= 4 is 17.4 Å². The molecule has 0 bridgehead atoms. The number of anilines is 1. The zero-order valence-corrected chi connectivity index (χ0v) is 10.3. The average Bonchev–Trinajstić information content (AvgIpc) is 2.37. The second-order valence-electron chi connectivity index (χ2n) is 4.16. The number of halogens is 1. The number of hydrogen-bond donors (Lipinski definition) is 1. The van der Waals surface area contributed by atoms with Crippen LogP contribution in [0.1, 0.15) is 0 Å². The van der Waals surface area contributed by atoms with Crippen LogP contribution in [-0.2, 0) is 0 Å². The monoisotopic (exact) mass is 255 g/mol. The SMILES string of the molecule is COc1nc2c(cc1Cl)OCC1CNCCN21. The van der Waals surface area contributed by atoms with Crippen molar-refractivity contribution in [1.29, 1.82) is 0 Å². The van der Waals surface area contributed by atoms with Crippen LogP contribution < -0.4 is 19.7 Å². The summed E-state index contributed by atoms with van der Waals surface area (Å²) < 4.78 is 10.8. The predicted octanol–water partition coefficient (Wildman–Crippen LogP) is 0.914. The molecule has 0 aromatic carbocycles. The van der Waals surface area contributed by atoms with E-state index >= 15 is 0 Å². The molecular formula is C11H14ClN3O2. The minimum atomic E-state index is 0.342. The van der Waals surface area contributed by atoms with Gasteiger partial charge in [0, 0.05) is 25.7 Å². The number of fused-ring (bicyclic) bond motifs is 3. The predicted molar refractivity (Wildman–Crippen MR) is 65.3 cm³/mol. The molecule has 1 fully saturated rings. The molecule has 5 nitrogen and oxygen atoms in total. The fourth-order valence-corrected chi connectivity index (χ4v) is 2.49. The van der Waals surface area contributed by atoms with Gasteiger partial charge in [0.25, 0.3) is 0 Å². The van der Waals surface area contributed by atoms with Gasteiger partial charge in [0.2, 0.25) is 5.88 Å². The fraction of sp³-hybridized carbons (Fsp3) is 0.545. The molecule has 0 saturated carbocycles. The Morgan fingerprint density at radius 3 is 3.35 bits per heavy atom. The molecule has 3 heterocycles. The van der Waals surface area contributed by atoms with Crippen LogP contribution in [0.25, 0.3) is 0 Å². The summed E-state index contributed by atoms with van der Waals surface area (Å²) in [6.07, 6.45) is 0. The van der Waals surface area contributed by atoms with E-state index in [4.69, 9.17) is 21.1 Å². The first-order valence-corrected chi connectivity index (χ1v) is 6.02. The highest BCUT2D eigenvalue weighted by molar-refractivity contribution is 6.32. The Morgan fingerprint density at radius 1 is 1.65 bits per heavy atom. The fourth-order valence-electron chi connectivity index (χ4n) is 2.28. The number of ether oxygens (including phenoxy) is 2. The first kappa shape index (κ1) is 10.9. The van der Waals surface area contributed by atoms with Gasteiger partial charge in [-0.15, -0.1) is 0 Å². The van der Waals surface area contributed by atoms with Gasteiger partial charge in [0.1, 0.15) is 11.6 Å². The van der Waals surface area contributed by atoms with Gasteiger partial charge in [-0.2, -0.15) is 4.98 Å². The Morgan fingerprint density at radius 2 is 2.53 bits per heavy atom. The van der Waals surface area contributed by atoms with Crippen LogP contribution in [-0.4, -0.2) is 44.4 Å². The Kier molecular flexibility index (Phi) is 2.72. The zero-order valence-electron chi connectivity index (χ0n) is 9.57. The van der Waals surface area contributed by atoms with Gasteiger partial charge in [0.05, 0.1) is 13.2 Å². The van der Waals surface area contributed by atoms with E-state index in [1.54, 1.807) is 13.2 Å². The summed E-state index contributed by atoms with van der Waals surface area (Å²) >= 11 is 6.04. The molecule has 17 heavy (non-hydrogen) atoms. The molecule has 0 spiro atoms. The molecule has 1 unspecified atom stereocenters. The lowest BCUT2D eigenvalue weighted by molar-refractivity contribution is 0.243. The largest absolute Gasteiger partial charge is 0.487 e. The van der Waals surface area contributed by atoms with Crippen molar-refractivity contribution in [3.63, 3.8) is 0 Å². The molecule has 0 aliphatic carbocycles. The number of piperazine rings is 1. The van der Waals surface area contributed by atoms with Crippen molar-refractivity contribution < 1.29 is 9.47 Å². The van der Waals surface area contributed by atoms with Crippen LogP contribution in [0.4, 0.5) is 5.82 Å². The van der Waals surface area contributed by atoms with Gasteiger partial charge >= 0.3 is 0 Å². The summed E-state index contributed by atoms with van der Waals surface area (Å²) in [6.45, 7) is 3.48. The molecule has 2 aliphatic heterocycles. The summed E-state index contributed by atoms with van der Waals surface area (Å²) in [5, 5.41) is 3.83. The number of hydrogen-bond acceptors (Lipinski definition) is 5. The third-order valence-corrected chi connectivity index (χ3v) is 3.41. The van der Waals surface area contributed by atoms with Gasteiger partial charge in [-0.25, -0.2) is 0 Å². The van der Waals surface area contributed by atoms with E-state index in [0.717, 1.165) is 31.2 Å². The van der Waals surface area contributed by atoms with Gasteiger partial charge in [0.15, 0.2) is 11.6 Å². The third-order valence-electron chi connectivity index (χ3n) is 3.14. The Bertz CT molecular complexity index is 441. The Labute approximate surface area is 105 Å². The van der Waals surface area contributed by atoms with E-state index in [0.29, 0.717) is 23.6 Å². The summed E-state index contributed by atoms with van der Waals surface area (Å²) in [7, 11) is 1.57. The Balaban J connectivity index is 2.02. The van der Waals surface area contributed by atoms with Gasteiger partial charge < -0.3 is 19.7 Å². The number of nitrogens with zero attached hydrogens (tertiary/aromatic N) is 2. The average molecular weight is 256 g/mol. The summed E-state index contributed by atoms with van der Waals surface area (Å²) in [6, 6.07) is 2.12. The van der Waals surface area contributed by atoms with Gasteiger partial charge in [-0.3, -0.25) is 0 Å². The molecule has 92 valence electrons. The maximum atomic E-state index is 6.04. The van der Waals surface area contributed by atoms with Crippen molar-refractivity contribution in [2.45, 2.75) is 6.04 Å². The highest BCUT2D eigenvalue weighted by Crippen LogP contribution is 2.38. The first-order valence-electron chi connectivity index (χ1n) is 5.64. The van der Waals surface area contributed by atoms with Crippen molar-refractivity contribution in [2.24, 2.45) is 0 Å². The minimum Gasteiger partial charge on any atom is -0.487 e. The molecule has 1 N–H and O–H groups in total. The van der Waals surface area contributed by atoms with E-state index < -0.39 is 0 Å². The molecular weight excluding hydrogens is 242 g/mol. The van der Waals surface area contributed by atoms with Crippen molar-refractivity contribution in [3.05, 3.63) is 11.1 Å². The topological polar surface area (TPSA) is 46.6 Å². The number of rotatable bonds is 1. The van der Waals surface area contributed by atoms with Crippen molar-refractivity contribution in [2.75, 3.05) is 38.3 Å². The highest BCUT2D eigenvalue weighted by Gasteiger charge is 2.31. The maximum Gasteiger partial charge on any atom is 0.234 e. The van der Waals surface area contributed by atoms with E-state index in [-0.39, 0.29) is 0 Å². The molecule has 6 heteroatoms. The Hall–Kier alpha value is -1.20. The van der Waals surface area contributed by atoms with E-state index in [2.05, 4.69) is 15.2 Å². The van der Waals surface area contributed by atoms with Crippen molar-refractivity contribution in [1.82, 2.24) is 10.3 Å². The molecule has 1 aromatic heterocycles. The number of pyridine rings is 1. The second kappa shape index (κ2) is 4.23. The number of aromatic nitrogens is 1. The van der Waals surface area contributed by atoms with E-state index in [9.17, 15) is 0 Å². The van der Waals surface area contributed by atoms with Crippen LogP contribution in [0.3, 0.4) is 0 Å². The first-order chi connectivity index (χ1) is 8.29. The van der Waals surface area contributed by atoms with Crippen molar-refractivity contribution in [3.8, 4) is 11.6 Å². The molecule has 0 radical (unpaired) electrons. The van der Waals surface area contributed by atoms with Gasteiger partial charge in [-0.1, -0.05) is 11.6 Å². The smallest absolute Gasteiger partial charge is 0.234 e. The van der Waals surface area contributed by atoms with E-state index in [1.807, 2.05) is 0 Å². The quantitative estimate of drug-likeness (QED) is 0.809. The molecule has 1 saturated heterocycles. The lowest BCUT2D eigenvalue weighted by Gasteiger charge is -2.40. The number of methoxy groups -OCH3 is 1. The van der Waals surface area contributed by atoms with Crippen LogP contribution in [0.5, 0.6) is 11.6 Å². The maximum absolute atomic E-state index is 6.04. The van der Waals surface area contributed by atoms with Gasteiger partial charge in [-0.05, 0) is 0 Å². The molecule has 3 rings (SSSR count). The summed E-state index contributed by atoms with van der Waals surface area (Å²) in [4.78, 5) is 6.69. The van der Waals surface area contributed by atoms with Crippen LogP contribution >= 0.6 is 11.6 Å². The molecule has 0 amide bonds.